The van der Waals surface area contributed by atoms with Crippen molar-refractivity contribution in [3.63, 3.8) is 0 Å². The molecule has 18 heavy (non-hydrogen) atoms. The number of halogens is 1. The number of pyridine rings is 1. The molecule has 0 bridgehead atoms. The number of sulfone groups is 1. The van der Waals surface area contributed by atoms with Crippen LogP contribution in [0.15, 0.2) is 12.3 Å². The van der Waals surface area contributed by atoms with Gasteiger partial charge in [-0.15, -0.1) is 0 Å². The highest BCUT2D eigenvalue weighted by Gasteiger charge is 2.38. The highest BCUT2D eigenvalue weighted by Crippen LogP contribution is 2.21. The van der Waals surface area contributed by atoms with Crippen molar-refractivity contribution in [1.29, 1.82) is 0 Å². The zero-order chi connectivity index (χ0) is 14.1. The second-order valence-electron chi connectivity index (χ2n) is 4.56. The average Bonchev–Trinajstić information content (AvgIpc) is 2.20. The van der Waals surface area contributed by atoms with Crippen LogP contribution in [0.5, 0.6) is 0 Å². The highest BCUT2D eigenvalue weighted by molar-refractivity contribution is 7.92. The summed E-state index contributed by atoms with van der Waals surface area (Å²) in [7, 11) is -3.50. The van der Waals surface area contributed by atoms with Gasteiger partial charge in [-0.3, -0.25) is 4.79 Å². The fraction of sp³-hybridized carbons (Fsp3) is 0.455. The predicted molar refractivity (Wildman–Crippen MR) is 71.5 cm³/mol. The zero-order valence-electron chi connectivity index (χ0n) is 10.6. The van der Waals surface area contributed by atoms with Crippen LogP contribution >= 0.6 is 11.6 Å². The second-order valence-corrected chi connectivity index (χ2v) is 7.51. The molecule has 1 aromatic rings. The van der Waals surface area contributed by atoms with Gasteiger partial charge in [-0.25, -0.2) is 13.4 Å². The van der Waals surface area contributed by atoms with Crippen LogP contribution in [0.1, 0.15) is 19.4 Å². The molecular weight excluding hydrogens is 276 g/mol. The molecule has 0 fully saturated rings. The Morgan fingerprint density at radius 1 is 1.44 bits per heavy atom. The summed E-state index contributed by atoms with van der Waals surface area (Å²) in [5.74, 6) is -0.600. The number of carbonyl (C=O) groups is 1. The number of carbonyl (C=O) groups excluding carboxylic acids is 1. The summed E-state index contributed by atoms with van der Waals surface area (Å²) in [6.07, 6.45) is 2.42. The van der Waals surface area contributed by atoms with E-state index in [2.05, 4.69) is 10.3 Å². The molecule has 0 unspecified atom stereocenters. The fourth-order valence-electron chi connectivity index (χ4n) is 1.09. The van der Waals surface area contributed by atoms with Crippen LogP contribution in [0, 0.1) is 6.92 Å². The third kappa shape index (κ3) is 3.00. The van der Waals surface area contributed by atoms with E-state index in [0.29, 0.717) is 16.4 Å². The van der Waals surface area contributed by atoms with Crippen LogP contribution in [0.2, 0.25) is 5.15 Å². The third-order valence-electron chi connectivity index (χ3n) is 2.80. The molecule has 100 valence electrons. The summed E-state index contributed by atoms with van der Waals surface area (Å²) in [6.45, 7) is 4.46. The van der Waals surface area contributed by atoms with E-state index in [9.17, 15) is 13.2 Å². The van der Waals surface area contributed by atoms with Crippen molar-refractivity contribution < 1.29 is 13.2 Å². The van der Waals surface area contributed by atoms with E-state index in [1.54, 1.807) is 13.0 Å². The first-order valence-electron chi connectivity index (χ1n) is 5.19. The quantitative estimate of drug-likeness (QED) is 0.861. The van der Waals surface area contributed by atoms with E-state index in [1.165, 1.54) is 20.0 Å². The van der Waals surface area contributed by atoms with Crippen LogP contribution in [0.25, 0.3) is 0 Å². The van der Waals surface area contributed by atoms with Gasteiger partial charge in [0.25, 0.3) is 0 Å². The summed E-state index contributed by atoms with van der Waals surface area (Å²) in [5.41, 5.74) is 1.16. The van der Waals surface area contributed by atoms with Crippen LogP contribution < -0.4 is 5.32 Å². The Kier molecular flexibility index (Phi) is 4.02. The number of nitrogens with zero attached hydrogens (tertiary/aromatic N) is 1. The number of aromatic nitrogens is 1. The Morgan fingerprint density at radius 2 is 2.00 bits per heavy atom. The first-order valence-corrected chi connectivity index (χ1v) is 7.46. The van der Waals surface area contributed by atoms with Gasteiger partial charge in [0.1, 0.15) is 9.90 Å². The molecule has 0 saturated carbocycles. The zero-order valence-corrected chi connectivity index (χ0v) is 12.2. The van der Waals surface area contributed by atoms with Gasteiger partial charge in [0.15, 0.2) is 9.84 Å². The highest BCUT2D eigenvalue weighted by atomic mass is 35.5. The Hall–Kier alpha value is -1.14. The summed E-state index contributed by atoms with van der Waals surface area (Å²) in [5, 5.41) is 2.86. The van der Waals surface area contributed by atoms with Gasteiger partial charge in [0.2, 0.25) is 5.91 Å². The van der Waals surface area contributed by atoms with Crippen LogP contribution in [0.3, 0.4) is 0 Å². The molecule has 1 rings (SSSR count). The van der Waals surface area contributed by atoms with Gasteiger partial charge in [0, 0.05) is 6.26 Å². The minimum atomic E-state index is -3.50. The number of aryl methyl sites for hydroxylation is 1. The molecule has 0 radical (unpaired) electrons. The maximum atomic E-state index is 12.0. The fourth-order valence-corrected chi connectivity index (χ4v) is 1.69. The molecule has 0 aliphatic heterocycles. The third-order valence-corrected chi connectivity index (χ3v) is 5.05. The van der Waals surface area contributed by atoms with Gasteiger partial charge < -0.3 is 5.32 Å². The Morgan fingerprint density at radius 3 is 2.44 bits per heavy atom. The van der Waals surface area contributed by atoms with Gasteiger partial charge in [-0.05, 0) is 32.4 Å². The van der Waals surface area contributed by atoms with Crippen LogP contribution in [0.4, 0.5) is 5.69 Å². The number of amides is 1. The largest absolute Gasteiger partial charge is 0.323 e. The van der Waals surface area contributed by atoms with E-state index < -0.39 is 20.5 Å². The van der Waals surface area contributed by atoms with Gasteiger partial charge >= 0.3 is 0 Å². The van der Waals surface area contributed by atoms with Crippen molar-refractivity contribution in [3.8, 4) is 0 Å². The Bertz CT molecular complexity index is 582. The van der Waals surface area contributed by atoms with Crippen molar-refractivity contribution in [2.24, 2.45) is 0 Å². The topological polar surface area (TPSA) is 76.1 Å². The Labute approximate surface area is 111 Å². The molecule has 1 N–H and O–H groups in total. The monoisotopic (exact) mass is 290 g/mol. The standard InChI is InChI=1S/C11H15ClN2O3S/c1-7-5-9(12)13-6-8(7)14-10(15)11(2,3)18(4,16)17/h5-6H,1-4H3,(H,14,15). The number of nitrogens with one attached hydrogen (secondary N) is 1. The molecule has 1 heterocycles. The number of hydrogen-bond acceptors (Lipinski definition) is 4. The van der Waals surface area contributed by atoms with E-state index >= 15 is 0 Å². The minimum absolute atomic E-state index is 0.313. The minimum Gasteiger partial charge on any atom is -0.323 e. The van der Waals surface area contributed by atoms with Crippen molar-refractivity contribution in [2.45, 2.75) is 25.5 Å². The van der Waals surface area contributed by atoms with Crippen LogP contribution in [-0.2, 0) is 14.6 Å². The lowest BCUT2D eigenvalue weighted by molar-refractivity contribution is -0.117. The molecule has 0 aliphatic carbocycles. The Balaban J connectivity index is 3.02. The lowest BCUT2D eigenvalue weighted by Gasteiger charge is -2.21. The second kappa shape index (κ2) is 4.85. The number of anilines is 1. The summed E-state index contributed by atoms with van der Waals surface area (Å²) in [6, 6.07) is 1.59. The summed E-state index contributed by atoms with van der Waals surface area (Å²) < 4.78 is 21.6. The van der Waals surface area contributed by atoms with Gasteiger partial charge in [-0.2, -0.15) is 0 Å². The lowest BCUT2D eigenvalue weighted by atomic mass is 10.1. The molecule has 0 aromatic carbocycles. The maximum absolute atomic E-state index is 12.0. The van der Waals surface area contributed by atoms with Crippen molar-refractivity contribution in [1.82, 2.24) is 4.98 Å². The molecule has 0 saturated heterocycles. The normalized spacial score (nSPS) is 12.3. The predicted octanol–water partition coefficient (Wildman–Crippen LogP) is 1.81. The maximum Gasteiger partial charge on any atom is 0.245 e. The van der Waals surface area contributed by atoms with Gasteiger partial charge in [0.05, 0.1) is 11.9 Å². The van der Waals surface area contributed by atoms with E-state index in [4.69, 9.17) is 11.6 Å². The molecule has 0 aliphatic rings. The number of hydrogen-bond donors (Lipinski definition) is 1. The first-order chi connectivity index (χ1) is 8.05. The SMILES string of the molecule is Cc1cc(Cl)ncc1NC(=O)C(C)(C)S(C)(=O)=O. The van der Waals surface area contributed by atoms with Crippen molar-refractivity contribution >= 4 is 33.0 Å². The van der Waals surface area contributed by atoms with E-state index in [1.807, 2.05) is 0 Å². The number of rotatable bonds is 3. The summed E-state index contributed by atoms with van der Waals surface area (Å²) >= 11 is 5.70. The summed E-state index contributed by atoms with van der Waals surface area (Å²) in [4.78, 5) is 15.8. The molecule has 0 spiro atoms. The van der Waals surface area contributed by atoms with Gasteiger partial charge in [-0.1, -0.05) is 11.6 Å². The smallest absolute Gasteiger partial charge is 0.245 e. The molecule has 0 atom stereocenters. The molecule has 1 amide bonds. The van der Waals surface area contributed by atoms with Crippen LogP contribution in [-0.4, -0.2) is 30.3 Å². The molecule has 5 nitrogen and oxygen atoms in total. The van der Waals surface area contributed by atoms with E-state index in [-0.39, 0.29) is 0 Å². The first kappa shape index (κ1) is 14.9. The molecule has 7 heteroatoms. The average molecular weight is 291 g/mol. The van der Waals surface area contributed by atoms with Crippen molar-refractivity contribution in [2.75, 3.05) is 11.6 Å². The molecular formula is C11H15ClN2O3S. The van der Waals surface area contributed by atoms with Crippen molar-refractivity contribution in [3.05, 3.63) is 23.0 Å². The van der Waals surface area contributed by atoms with E-state index in [0.717, 1.165) is 6.26 Å². The molecule has 1 aromatic heterocycles. The lowest BCUT2D eigenvalue weighted by Crippen LogP contribution is -2.44.